The van der Waals surface area contributed by atoms with Crippen LogP contribution in [0, 0.1) is 0 Å². The molecule has 0 spiro atoms. The Hall–Kier alpha value is -0.810. The van der Waals surface area contributed by atoms with Crippen molar-refractivity contribution in [2.45, 2.75) is 0 Å². The second-order valence-corrected chi connectivity index (χ2v) is 1.97. The van der Waals surface area contributed by atoms with E-state index in [1.165, 1.54) is 0 Å². The molecule has 0 aromatic heterocycles. The molecule has 10 heavy (non-hydrogen) atoms. The minimum atomic E-state index is -1.02. The lowest BCUT2D eigenvalue weighted by Gasteiger charge is -2.13. The van der Waals surface area contributed by atoms with E-state index >= 15 is 0 Å². The van der Waals surface area contributed by atoms with Crippen molar-refractivity contribution in [3.05, 3.63) is 0 Å². The largest absolute Gasteiger partial charge is 0.463 e. The van der Waals surface area contributed by atoms with E-state index in [0.717, 1.165) is 5.06 Å². The summed E-state index contributed by atoms with van der Waals surface area (Å²) in [7, 11) is 0. The molecule has 1 amide bonds. The van der Waals surface area contributed by atoms with Gasteiger partial charge in [0.25, 0.3) is 0 Å². The first-order chi connectivity index (χ1) is 4.80. The molecule has 1 aliphatic heterocycles. The molecule has 2 N–H and O–H groups in total. The maximum atomic E-state index is 10.3. The zero-order valence-electron chi connectivity index (χ0n) is 5.54. The number of rotatable bonds is 0. The number of nitrogens with zero attached hydrogens (tertiary/aromatic N) is 1. The second-order valence-electron chi connectivity index (χ2n) is 1.97. The van der Waals surface area contributed by atoms with Gasteiger partial charge in [-0.1, -0.05) is 0 Å². The topological polar surface area (TPSA) is 61.8 Å². The van der Waals surface area contributed by atoms with Crippen LogP contribution in [0.1, 0.15) is 0 Å². The summed E-state index contributed by atoms with van der Waals surface area (Å²) < 4.78 is 0. The first-order valence-electron chi connectivity index (χ1n) is 3.15. The van der Waals surface area contributed by atoms with E-state index in [1.54, 1.807) is 0 Å². The number of hydrogen-bond acceptors (Lipinski definition) is 3. The summed E-state index contributed by atoms with van der Waals surface area (Å²) in [5, 5.41) is 12.4. The molecule has 0 saturated carbocycles. The molecule has 1 heterocycles. The van der Waals surface area contributed by atoms with E-state index in [2.05, 4.69) is 5.32 Å². The molecule has 1 rings (SSSR count). The molecule has 1 saturated heterocycles. The van der Waals surface area contributed by atoms with Crippen LogP contribution in [0.15, 0.2) is 0 Å². The van der Waals surface area contributed by atoms with Crippen LogP contribution in [0.2, 0.25) is 0 Å². The Bertz CT molecular complexity index is 120. The van der Waals surface area contributed by atoms with Gasteiger partial charge in [-0.3, -0.25) is 4.84 Å². The third-order valence-electron chi connectivity index (χ3n) is 1.23. The van der Waals surface area contributed by atoms with Gasteiger partial charge in [-0.05, 0) is 0 Å². The van der Waals surface area contributed by atoms with Crippen LogP contribution >= 0.6 is 0 Å². The minimum absolute atomic E-state index is 0.398. The van der Waals surface area contributed by atoms with Gasteiger partial charge in [0.1, 0.15) is 0 Å². The highest BCUT2D eigenvalue weighted by Gasteiger charge is 2.13. The molecule has 1 fully saturated rings. The SMILES string of the molecule is O=C(O)N1CCNCCO1. The highest BCUT2D eigenvalue weighted by atomic mass is 16.7. The maximum absolute atomic E-state index is 10.3. The highest BCUT2D eigenvalue weighted by molar-refractivity contribution is 5.63. The molecule has 0 aliphatic carbocycles. The van der Waals surface area contributed by atoms with Crippen molar-refractivity contribution in [3.8, 4) is 0 Å². The number of amides is 1. The number of carbonyl (C=O) groups is 1. The van der Waals surface area contributed by atoms with Crippen LogP contribution < -0.4 is 5.32 Å². The smallest absolute Gasteiger partial charge is 0.431 e. The Balaban J connectivity index is 2.35. The van der Waals surface area contributed by atoms with Gasteiger partial charge in [0.2, 0.25) is 0 Å². The lowest BCUT2D eigenvalue weighted by atomic mass is 10.6. The predicted octanol–water partition coefficient (Wildman–Crippen LogP) is -0.499. The summed E-state index contributed by atoms with van der Waals surface area (Å²) in [5.41, 5.74) is 0. The first-order valence-corrected chi connectivity index (χ1v) is 3.15. The zero-order chi connectivity index (χ0) is 7.40. The number of carboxylic acid groups (broad SMARTS) is 1. The molecule has 5 nitrogen and oxygen atoms in total. The van der Waals surface area contributed by atoms with Crippen molar-refractivity contribution in [3.63, 3.8) is 0 Å². The number of hydroxylamine groups is 2. The van der Waals surface area contributed by atoms with Crippen molar-refractivity contribution in [1.82, 2.24) is 10.4 Å². The first kappa shape index (κ1) is 7.30. The monoisotopic (exact) mass is 146 g/mol. The van der Waals surface area contributed by atoms with E-state index in [1.807, 2.05) is 0 Å². The van der Waals surface area contributed by atoms with Crippen LogP contribution in [-0.2, 0) is 4.84 Å². The molecule has 0 bridgehead atoms. The fourth-order valence-electron chi connectivity index (χ4n) is 0.749. The molecule has 0 radical (unpaired) electrons. The van der Waals surface area contributed by atoms with E-state index in [-0.39, 0.29) is 0 Å². The molecule has 0 aromatic carbocycles. The Kier molecular flexibility index (Phi) is 2.47. The van der Waals surface area contributed by atoms with E-state index in [0.29, 0.717) is 26.2 Å². The lowest BCUT2D eigenvalue weighted by Crippen LogP contribution is -2.31. The van der Waals surface area contributed by atoms with Gasteiger partial charge in [-0.15, -0.1) is 0 Å². The third-order valence-corrected chi connectivity index (χ3v) is 1.23. The maximum Gasteiger partial charge on any atom is 0.431 e. The standard InChI is InChI=1S/C5H10N2O3/c8-5(9)7-3-1-6-2-4-10-7/h6H,1-4H2,(H,8,9). The Morgan fingerprint density at radius 3 is 3.10 bits per heavy atom. The number of nitrogens with one attached hydrogen (secondary N) is 1. The average molecular weight is 146 g/mol. The fourth-order valence-corrected chi connectivity index (χ4v) is 0.749. The van der Waals surface area contributed by atoms with Crippen molar-refractivity contribution in [1.29, 1.82) is 0 Å². The summed E-state index contributed by atoms with van der Waals surface area (Å²) in [6.07, 6.45) is -1.02. The quantitative estimate of drug-likeness (QED) is 0.483. The summed E-state index contributed by atoms with van der Waals surface area (Å²) in [6.45, 7) is 2.19. The summed E-state index contributed by atoms with van der Waals surface area (Å²) in [6, 6.07) is 0. The van der Waals surface area contributed by atoms with Crippen LogP contribution in [0.25, 0.3) is 0 Å². The van der Waals surface area contributed by atoms with Gasteiger partial charge in [0, 0.05) is 13.1 Å². The summed E-state index contributed by atoms with van der Waals surface area (Å²) >= 11 is 0. The molecular formula is C5H10N2O3. The summed E-state index contributed by atoms with van der Waals surface area (Å²) in [4.78, 5) is 15.1. The van der Waals surface area contributed by atoms with E-state index in [4.69, 9.17) is 9.94 Å². The molecule has 5 heteroatoms. The van der Waals surface area contributed by atoms with Crippen molar-refractivity contribution in [2.24, 2.45) is 0 Å². The van der Waals surface area contributed by atoms with E-state index < -0.39 is 6.09 Å². The minimum Gasteiger partial charge on any atom is -0.463 e. The van der Waals surface area contributed by atoms with Crippen LogP contribution in [0.5, 0.6) is 0 Å². The van der Waals surface area contributed by atoms with Gasteiger partial charge in [0.15, 0.2) is 0 Å². The van der Waals surface area contributed by atoms with Gasteiger partial charge >= 0.3 is 6.09 Å². The molecular weight excluding hydrogens is 136 g/mol. The highest BCUT2D eigenvalue weighted by Crippen LogP contribution is 1.92. The second kappa shape index (κ2) is 3.38. The number of hydrogen-bond donors (Lipinski definition) is 2. The summed E-state index contributed by atoms with van der Waals surface area (Å²) in [5.74, 6) is 0. The Morgan fingerprint density at radius 2 is 2.40 bits per heavy atom. The van der Waals surface area contributed by atoms with Crippen LogP contribution in [-0.4, -0.2) is 42.5 Å². The van der Waals surface area contributed by atoms with Crippen molar-refractivity contribution >= 4 is 6.09 Å². The molecule has 0 atom stereocenters. The van der Waals surface area contributed by atoms with Crippen LogP contribution in [0.3, 0.4) is 0 Å². The zero-order valence-corrected chi connectivity index (χ0v) is 5.54. The predicted molar refractivity (Wildman–Crippen MR) is 33.6 cm³/mol. The van der Waals surface area contributed by atoms with Crippen LogP contribution in [0.4, 0.5) is 4.79 Å². The molecule has 0 unspecified atom stereocenters. The third kappa shape index (κ3) is 1.85. The van der Waals surface area contributed by atoms with Gasteiger partial charge in [-0.2, -0.15) is 5.06 Å². The lowest BCUT2D eigenvalue weighted by molar-refractivity contribution is -0.119. The van der Waals surface area contributed by atoms with Crippen molar-refractivity contribution < 1.29 is 14.7 Å². The van der Waals surface area contributed by atoms with Gasteiger partial charge in [0.05, 0.1) is 13.2 Å². The van der Waals surface area contributed by atoms with E-state index in [9.17, 15) is 4.79 Å². The van der Waals surface area contributed by atoms with Gasteiger partial charge in [-0.25, -0.2) is 4.79 Å². The molecule has 58 valence electrons. The molecule has 1 aliphatic rings. The Labute approximate surface area is 58.5 Å². The molecule has 0 aromatic rings. The van der Waals surface area contributed by atoms with Crippen molar-refractivity contribution in [2.75, 3.05) is 26.2 Å². The Morgan fingerprint density at radius 1 is 1.60 bits per heavy atom. The normalized spacial score (nSPS) is 20.2. The average Bonchev–Trinajstić information content (AvgIpc) is 2.12. The van der Waals surface area contributed by atoms with Gasteiger partial charge < -0.3 is 10.4 Å². The fraction of sp³-hybridized carbons (Fsp3) is 0.800.